The second-order valence-corrected chi connectivity index (χ2v) is 8.12. The molecule has 0 spiro atoms. The Morgan fingerprint density at radius 3 is 2.28 bits per heavy atom. The maximum atomic E-state index is 12.8. The van der Waals surface area contributed by atoms with Gasteiger partial charge >= 0.3 is 0 Å². The van der Waals surface area contributed by atoms with Gasteiger partial charge in [0, 0.05) is 23.9 Å². The minimum absolute atomic E-state index is 0.111. The first-order valence-electron chi connectivity index (χ1n) is 9.20. The van der Waals surface area contributed by atoms with Crippen LogP contribution in [0, 0.1) is 10.1 Å². The summed E-state index contributed by atoms with van der Waals surface area (Å²) in [4.78, 5) is 21.9. The van der Waals surface area contributed by atoms with E-state index in [1.165, 1.54) is 0 Å². The van der Waals surface area contributed by atoms with Crippen LogP contribution in [0.1, 0.15) is 0 Å². The van der Waals surface area contributed by atoms with Crippen molar-refractivity contribution >= 4 is 21.7 Å². The highest BCUT2D eigenvalue weighted by atomic mass is 32.2. The molecule has 4 rings (SSSR count). The Bertz CT molecular complexity index is 1370. The van der Waals surface area contributed by atoms with Crippen LogP contribution in [-0.4, -0.2) is 28.3 Å². The average Bonchev–Trinajstić information content (AvgIpc) is 2.80. The number of hydrogen-bond acceptors (Lipinski definition) is 8. The zero-order chi connectivity index (χ0) is 22.6. The second-order valence-electron chi connectivity index (χ2n) is 6.44. The first-order valence-corrected chi connectivity index (χ1v) is 10.7. The van der Waals surface area contributed by atoms with E-state index in [-0.39, 0.29) is 11.8 Å². The lowest BCUT2D eigenvalue weighted by Gasteiger charge is -2.11. The second kappa shape index (κ2) is 8.78. The number of rotatable bonds is 7. The summed E-state index contributed by atoms with van der Waals surface area (Å²) in [7, 11) is -4.26. The Morgan fingerprint density at radius 2 is 1.59 bits per heavy atom. The van der Waals surface area contributed by atoms with Crippen molar-refractivity contribution in [2.75, 3.05) is 4.72 Å². The van der Waals surface area contributed by atoms with Gasteiger partial charge in [-0.1, -0.05) is 48.5 Å². The molecule has 0 amide bonds. The van der Waals surface area contributed by atoms with E-state index in [1.54, 1.807) is 42.5 Å². The summed E-state index contributed by atoms with van der Waals surface area (Å²) < 4.78 is 33.6. The molecular formula is C21H15N5O5S. The van der Waals surface area contributed by atoms with Crippen LogP contribution in [0.3, 0.4) is 0 Å². The number of benzene rings is 2. The molecule has 0 saturated heterocycles. The van der Waals surface area contributed by atoms with Gasteiger partial charge in [-0.25, -0.2) is 18.1 Å². The molecule has 0 fully saturated rings. The van der Waals surface area contributed by atoms with Crippen LogP contribution in [0.5, 0.6) is 11.6 Å². The lowest BCUT2D eigenvalue weighted by Crippen LogP contribution is -2.16. The standard InChI is InChI=1S/C21H15N5O5S/c27-26(28)16-11-18(14-22-13-16)32(29,30)25-21-23-19(15-7-3-1-4-8-15)12-20(24-21)31-17-9-5-2-6-10-17/h1-14H,(H,23,24,25). The summed E-state index contributed by atoms with van der Waals surface area (Å²) in [5, 5.41) is 11.0. The number of para-hydroxylation sites is 1. The maximum Gasteiger partial charge on any atom is 0.288 e. The van der Waals surface area contributed by atoms with Crippen molar-refractivity contribution in [3.05, 3.63) is 95.3 Å². The van der Waals surface area contributed by atoms with Gasteiger partial charge in [0.15, 0.2) is 0 Å². The van der Waals surface area contributed by atoms with E-state index in [0.717, 1.165) is 18.5 Å². The van der Waals surface area contributed by atoms with Gasteiger partial charge in [-0.15, -0.1) is 0 Å². The Balaban J connectivity index is 1.73. The predicted octanol–water partition coefficient (Wildman–Crippen LogP) is 4.04. The fourth-order valence-electron chi connectivity index (χ4n) is 2.72. The SMILES string of the molecule is O=[N+]([O-])c1cncc(S(=O)(=O)Nc2nc(Oc3ccccc3)cc(-c3ccccc3)n2)c1. The van der Waals surface area contributed by atoms with E-state index >= 15 is 0 Å². The van der Waals surface area contributed by atoms with E-state index in [9.17, 15) is 18.5 Å². The normalized spacial score (nSPS) is 11.0. The van der Waals surface area contributed by atoms with Crippen molar-refractivity contribution < 1.29 is 18.1 Å². The molecule has 4 aromatic rings. The number of pyridine rings is 1. The first kappa shape index (κ1) is 20.9. The molecule has 0 aliphatic heterocycles. The van der Waals surface area contributed by atoms with Gasteiger partial charge in [0.2, 0.25) is 11.8 Å². The van der Waals surface area contributed by atoms with Gasteiger partial charge in [0.1, 0.15) is 16.8 Å². The van der Waals surface area contributed by atoms with E-state index in [2.05, 4.69) is 19.7 Å². The highest BCUT2D eigenvalue weighted by molar-refractivity contribution is 7.92. The molecule has 0 aliphatic rings. The van der Waals surface area contributed by atoms with Crippen molar-refractivity contribution in [2.45, 2.75) is 4.90 Å². The van der Waals surface area contributed by atoms with Crippen LogP contribution in [-0.2, 0) is 10.0 Å². The minimum atomic E-state index is -4.26. The molecule has 2 heterocycles. The number of nitrogens with one attached hydrogen (secondary N) is 1. The van der Waals surface area contributed by atoms with Crippen LogP contribution >= 0.6 is 0 Å². The number of hydrogen-bond donors (Lipinski definition) is 1. The Morgan fingerprint density at radius 1 is 0.906 bits per heavy atom. The van der Waals surface area contributed by atoms with Gasteiger partial charge in [0.25, 0.3) is 15.7 Å². The highest BCUT2D eigenvalue weighted by Gasteiger charge is 2.21. The summed E-state index contributed by atoms with van der Waals surface area (Å²) in [6.07, 6.45) is 1.95. The van der Waals surface area contributed by atoms with Crippen LogP contribution in [0.25, 0.3) is 11.3 Å². The molecule has 1 N–H and O–H groups in total. The lowest BCUT2D eigenvalue weighted by atomic mass is 10.1. The number of ether oxygens (including phenoxy) is 1. The Kier molecular flexibility index (Phi) is 5.73. The maximum absolute atomic E-state index is 12.8. The summed E-state index contributed by atoms with van der Waals surface area (Å²) in [5.74, 6) is 0.352. The van der Waals surface area contributed by atoms with Crippen molar-refractivity contribution in [2.24, 2.45) is 0 Å². The van der Waals surface area contributed by atoms with Gasteiger partial charge in [-0.3, -0.25) is 15.1 Å². The summed E-state index contributed by atoms with van der Waals surface area (Å²) in [6.45, 7) is 0. The number of sulfonamides is 1. The molecule has 0 bridgehead atoms. The Hall–Kier alpha value is -4.38. The van der Waals surface area contributed by atoms with Crippen LogP contribution in [0.4, 0.5) is 11.6 Å². The van der Waals surface area contributed by atoms with Crippen molar-refractivity contribution in [3.63, 3.8) is 0 Å². The molecule has 160 valence electrons. The van der Waals surface area contributed by atoms with Crippen molar-refractivity contribution in [1.82, 2.24) is 15.0 Å². The molecule has 0 unspecified atom stereocenters. The fourth-order valence-corrected chi connectivity index (χ4v) is 3.65. The molecule has 0 aliphatic carbocycles. The minimum Gasteiger partial charge on any atom is -0.439 e. The molecular weight excluding hydrogens is 434 g/mol. The van der Waals surface area contributed by atoms with Crippen LogP contribution in [0.15, 0.2) is 90.1 Å². The predicted molar refractivity (Wildman–Crippen MR) is 116 cm³/mol. The zero-order valence-corrected chi connectivity index (χ0v) is 17.1. The molecule has 0 atom stereocenters. The highest BCUT2D eigenvalue weighted by Crippen LogP contribution is 2.27. The third kappa shape index (κ3) is 4.84. The zero-order valence-electron chi connectivity index (χ0n) is 16.3. The summed E-state index contributed by atoms with van der Waals surface area (Å²) >= 11 is 0. The molecule has 2 aromatic heterocycles. The van der Waals surface area contributed by atoms with E-state index in [0.29, 0.717) is 17.0 Å². The van der Waals surface area contributed by atoms with Crippen molar-refractivity contribution in [1.29, 1.82) is 0 Å². The number of nitro groups is 1. The third-order valence-corrected chi connectivity index (χ3v) is 5.48. The fraction of sp³-hybridized carbons (Fsp3) is 0. The van der Waals surface area contributed by atoms with Gasteiger partial charge in [-0.2, -0.15) is 4.98 Å². The van der Waals surface area contributed by atoms with Gasteiger partial charge < -0.3 is 4.74 Å². The lowest BCUT2D eigenvalue weighted by molar-refractivity contribution is -0.385. The van der Waals surface area contributed by atoms with Gasteiger partial charge in [-0.05, 0) is 12.1 Å². The molecule has 0 radical (unpaired) electrons. The number of nitrogens with zero attached hydrogens (tertiary/aromatic N) is 4. The van der Waals surface area contributed by atoms with E-state index < -0.39 is 25.5 Å². The molecule has 0 saturated carbocycles. The molecule has 2 aromatic carbocycles. The van der Waals surface area contributed by atoms with Crippen LogP contribution in [0.2, 0.25) is 0 Å². The van der Waals surface area contributed by atoms with Gasteiger partial charge in [0.05, 0.1) is 10.6 Å². The van der Waals surface area contributed by atoms with E-state index in [4.69, 9.17) is 4.74 Å². The molecule has 10 nitrogen and oxygen atoms in total. The monoisotopic (exact) mass is 449 g/mol. The van der Waals surface area contributed by atoms with Crippen LogP contribution < -0.4 is 9.46 Å². The number of aromatic nitrogens is 3. The first-order chi connectivity index (χ1) is 15.4. The average molecular weight is 449 g/mol. The summed E-state index contributed by atoms with van der Waals surface area (Å²) in [6, 6.07) is 20.4. The molecule has 11 heteroatoms. The smallest absolute Gasteiger partial charge is 0.288 e. The Labute approximate surface area is 182 Å². The quantitative estimate of drug-likeness (QED) is 0.330. The number of anilines is 1. The topological polar surface area (TPSA) is 137 Å². The molecule has 32 heavy (non-hydrogen) atoms. The largest absolute Gasteiger partial charge is 0.439 e. The third-order valence-electron chi connectivity index (χ3n) is 4.18. The van der Waals surface area contributed by atoms with Crippen molar-refractivity contribution in [3.8, 4) is 22.9 Å². The summed E-state index contributed by atoms with van der Waals surface area (Å²) in [5.41, 5.74) is 0.673. The van der Waals surface area contributed by atoms with E-state index in [1.807, 2.05) is 24.3 Å².